The van der Waals surface area contributed by atoms with Crippen LogP contribution in [-0.4, -0.2) is 35.0 Å². The molecule has 0 spiro atoms. The first kappa shape index (κ1) is 25.5. The van der Waals surface area contributed by atoms with E-state index in [0.29, 0.717) is 6.42 Å². The summed E-state index contributed by atoms with van der Waals surface area (Å²) in [7, 11) is 0. The number of carbonyl (C=O) groups is 2. The molecule has 0 saturated heterocycles. The van der Waals surface area contributed by atoms with Crippen LogP contribution < -0.4 is 17.0 Å². The molecule has 0 bridgehead atoms. The molecule has 154 valence electrons. The van der Waals surface area contributed by atoms with Gasteiger partial charge in [0.15, 0.2) is 12.4 Å². The molecule has 1 aromatic heterocycles. The molecule has 0 aliphatic rings. The van der Waals surface area contributed by atoms with E-state index in [2.05, 4.69) is 6.92 Å². The van der Waals surface area contributed by atoms with Crippen molar-refractivity contribution in [1.82, 2.24) is 4.90 Å². The van der Waals surface area contributed by atoms with E-state index in [-0.39, 0.29) is 43.9 Å². The lowest BCUT2D eigenvalue weighted by Gasteiger charge is -2.18. The number of carbonyl (C=O) groups excluding carboxylic acids is 2. The lowest BCUT2D eigenvalue weighted by Crippen LogP contribution is -3.00. The first-order valence-electron chi connectivity index (χ1n) is 10.1. The van der Waals surface area contributed by atoms with Crippen molar-refractivity contribution in [2.75, 3.05) is 13.2 Å². The lowest BCUT2D eigenvalue weighted by molar-refractivity contribution is -0.685. The van der Waals surface area contributed by atoms with Crippen molar-refractivity contribution in [3.8, 4) is 0 Å². The van der Waals surface area contributed by atoms with Gasteiger partial charge in [-0.2, -0.15) is 4.57 Å². The zero-order chi connectivity index (χ0) is 19.0. The standard InChI is InChI=1S/C21H35N2O3.ClH/c1-2-3-4-5-6-7-8-9-11-14-20(25)23(17-18-24)21(26)19-22-15-12-10-13-16-22;/h10,12-13,15-16,24H,2-9,11,14,17-19H2,1H3;1H/q+1;/p-1. The van der Waals surface area contributed by atoms with E-state index in [1.807, 2.05) is 18.2 Å². The lowest BCUT2D eigenvalue weighted by atomic mass is 10.1. The zero-order valence-electron chi connectivity index (χ0n) is 16.6. The fourth-order valence-corrected chi connectivity index (χ4v) is 2.99. The van der Waals surface area contributed by atoms with Crippen molar-refractivity contribution in [1.29, 1.82) is 0 Å². The van der Waals surface area contributed by atoms with Gasteiger partial charge in [0.2, 0.25) is 12.5 Å². The van der Waals surface area contributed by atoms with Gasteiger partial charge in [-0.25, -0.2) is 0 Å². The van der Waals surface area contributed by atoms with Crippen molar-refractivity contribution in [3.63, 3.8) is 0 Å². The summed E-state index contributed by atoms with van der Waals surface area (Å²) in [4.78, 5) is 25.9. The molecule has 0 aliphatic heterocycles. The molecule has 27 heavy (non-hydrogen) atoms. The number of amides is 2. The van der Waals surface area contributed by atoms with Crippen LogP contribution in [0.4, 0.5) is 0 Å². The minimum atomic E-state index is -0.267. The third-order valence-corrected chi connectivity index (χ3v) is 4.52. The van der Waals surface area contributed by atoms with E-state index in [1.165, 1.54) is 43.4 Å². The van der Waals surface area contributed by atoms with Crippen molar-refractivity contribution < 1.29 is 31.7 Å². The smallest absolute Gasteiger partial charge is 0.295 e. The van der Waals surface area contributed by atoms with Crippen LogP contribution in [0.2, 0.25) is 0 Å². The van der Waals surface area contributed by atoms with E-state index in [9.17, 15) is 14.7 Å². The number of pyridine rings is 1. The number of nitrogens with zero attached hydrogens (tertiary/aromatic N) is 2. The first-order valence-corrected chi connectivity index (χ1v) is 10.1. The van der Waals surface area contributed by atoms with Crippen LogP contribution in [0.5, 0.6) is 0 Å². The number of halogens is 1. The molecular weight excluding hydrogens is 364 g/mol. The van der Waals surface area contributed by atoms with Gasteiger partial charge in [0, 0.05) is 18.6 Å². The summed E-state index contributed by atoms with van der Waals surface area (Å²) in [5.74, 6) is -0.445. The van der Waals surface area contributed by atoms with E-state index in [1.54, 1.807) is 17.0 Å². The van der Waals surface area contributed by atoms with Gasteiger partial charge >= 0.3 is 0 Å². The minimum absolute atomic E-state index is 0. The highest BCUT2D eigenvalue weighted by Crippen LogP contribution is 2.11. The third kappa shape index (κ3) is 11.8. The normalized spacial score (nSPS) is 10.3. The van der Waals surface area contributed by atoms with Gasteiger partial charge < -0.3 is 17.5 Å². The minimum Gasteiger partial charge on any atom is -1.00 e. The maximum atomic E-state index is 12.4. The van der Waals surface area contributed by atoms with Gasteiger partial charge in [-0.15, -0.1) is 0 Å². The molecule has 0 saturated carbocycles. The van der Waals surface area contributed by atoms with Crippen LogP contribution in [0.25, 0.3) is 0 Å². The summed E-state index contributed by atoms with van der Waals surface area (Å²) in [6.07, 6.45) is 14.7. The highest BCUT2D eigenvalue weighted by Gasteiger charge is 2.23. The average molecular weight is 399 g/mol. The van der Waals surface area contributed by atoms with Crippen molar-refractivity contribution in [2.45, 2.75) is 77.7 Å². The predicted molar refractivity (Wildman–Crippen MR) is 102 cm³/mol. The molecule has 0 unspecified atom stereocenters. The van der Waals surface area contributed by atoms with Gasteiger partial charge in [0.25, 0.3) is 5.91 Å². The molecule has 0 radical (unpaired) electrons. The number of aliphatic hydroxyl groups excluding tert-OH is 1. The quantitative estimate of drug-likeness (QED) is 0.361. The summed E-state index contributed by atoms with van der Waals surface area (Å²) in [5, 5.41) is 9.18. The highest BCUT2D eigenvalue weighted by molar-refractivity contribution is 5.94. The van der Waals surface area contributed by atoms with Crippen LogP contribution >= 0.6 is 0 Å². The Labute approximate surface area is 170 Å². The summed E-state index contributed by atoms with van der Waals surface area (Å²) in [6, 6.07) is 5.56. The molecule has 1 aromatic rings. The number of imide groups is 1. The Morgan fingerprint density at radius 2 is 1.41 bits per heavy atom. The number of aromatic nitrogens is 1. The summed E-state index contributed by atoms with van der Waals surface area (Å²) in [6.45, 7) is 2.21. The molecule has 1 N–H and O–H groups in total. The topological polar surface area (TPSA) is 61.5 Å². The Morgan fingerprint density at radius 1 is 0.852 bits per heavy atom. The van der Waals surface area contributed by atoms with Crippen molar-refractivity contribution >= 4 is 11.8 Å². The fraction of sp³-hybridized carbons (Fsp3) is 0.667. The summed E-state index contributed by atoms with van der Waals surface area (Å²) in [5.41, 5.74) is 0. The van der Waals surface area contributed by atoms with E-state index in [0.717, 1.165) is 19.3 Å². The molecule has 0 aromatic carbocycles. The van der Waals surface area contributed by atoms with Gasteiger partial charge in [-0.1, -0.05) is 64.4 Å². The number of unbranched alkanes of at least 4 members (excludes halogenated alkanes) is 8. The van der Waals surface area contributed by atoms with Crippen molar-refractivity contribution in [3.05, 3.63) is 30.6 Å². The van der Waals surface area contributed by atoms with Crippen LogP contribution in [0.1, 0.15) is 71.1 Å². The molecule has 1 rings (SSSR count). The van der Waals surface area contributed by atoms with E-state index < -0.39 is 0 Å². The first-order chi connectivity index (χ1) is 12.7. The maximum Gasteiger partial charge on any atom is 0.295 e. The van der Waals surface area contributed by atoms with Crippen LogP contribution in [0.3, 0.4) is 0 Å². The van der Waals surface area contributed by atoms with Crippen LogP contribution in [-0.2, 0) is 16.1 Å². The molecule has 2 amide bonds. The second-order valence-electron chi connectivity index (χ2n) is 6.79. The average Bonchev–Trinajstić information content (AvgIpc) is 2.65. The van der Waals surface area contributed by atoms with E-state index in [4.69, 9.17) is 0 Å². The zero-order valence-corrected chi connectivity index (χ0v) is 17.4. The Balaban J connectivity index is 0.00000676. The van der Waals surface area contributed by atoms with Gasteiger partial charge in [0.1, 0.15) is 0 Å². The number of hydrogen-bond acceptors (Lipinski definition) is 3. The summed E-state index contributed by atoms with van der Waals surface area (Å²) < 4.78 is 1.73. The number of rotatable bonds is 14. The Bertz CT molecular complexity index is 511. The fourth-order valence-electron chi connectivity index (χ4n) is 2.99. The second kappa shape index (κ2) is 16.7. The van der Waals surface area contributed by atoms with Gasteiger partial charge in [-0.05, 0) is 6.42 Å². The van der Waals surface area contributed by atoms with Gasteiger partial charge in [-0.3, -0.25) is 14.5 Å². The van der Waals surface area contributed by atoms with Gasteiger partial charge in [0.05, 0.1) is 13.2 Å². The molecule has 1 heterocycles. The Hall–Kier alpha value is -1.46. The molecular formula is C21H35ClN2O3. The summed E-state index contributed by atoms with van der Waals surface area (Å²) >= 11 is 0. The Morgan fingerprint density at radius 3 is 1.96 bits per heavy atom. The number of hydrogen-bond donors (Lipinski definition) is 1. The molecule has 0 fully saturated rings. The van der Waals surface area contributed by atoms with Crippen LogP contribution in [0.15, 0.2) is 30.6 Å². The molecule has 0 aliphatic carbocycles. The second-order valence-corrected chi connectivity index (χ2v) is 6.79. The third-order valence-electron chi connectivity index (χ3n) is 4.52. The van der Waals surface area contributed by atoms with Crippen molar-refractivity contribution in [2.24, 2.45) is 0 Å². The molecule has 0 atom stereocenters. The largest absolute Gasteiger partial charge is 1.00 e. The number of aliphatic hydroxyl groups is 1. The van der Waals surface area contributed by atoms with Crippen LogP contribution in [0, 0.1) is 0 Å². The SMILES string of the molecule is CCCCCCCCCCCC(=O)N(CCO)C(=O)C[n+]1ccccc1.[Cl-]. The monoisotopic (exact) mass is 398 g/mol. The molecule has 5 nitrogen and oxygen atoms in total. The highest BCUT2D eigenvalue weighted by atomic mass is 35.5. The Kier molecular flexibility index (Phi) is 15.8. The predicted octanol–water partition coefficient (Wildman–Crippen LogP) is 0.247. The van der Waals surface area contributed by atoms with E-state index >= 15 is 0 Å². The molecule has 6 heteroatoms. The maximum absolute atomic E-state index is 12.4.